The van der Waals surface area contributed by atoms with Gasteiger partial charge in [0, 0.05) is 43.0 Å². The Bertz CT molecular complexity index is 1030. The molecule has 2 aliphatic rings. The zero-order valence-electron chi connectivity index (χ0n) is 19.4. The first-order valence-electron chi connectivity index (χ1n) is 11.9. The van der Waals surface area contributed by atoms with Gasteiger partial charge >= 0.3 is 0 Å². The number of halogens is 2. The van der Waals surface area contributed by atoms with Crippen LogP contribution in [0, 0.1) is 23.5 Å². The molecule has 0 radical (unpaired) electrons. The lowest BCUT2D eigenvalue weighted by molar-refractivity contribution is 0.0619. The van der Waals surface area contributed by atoms with E-state index >= 15 is 0 Å². The molecule has 0 aromatic heterocycles. The van der Waals surface area contributed by atoms with Gasteiger partial charge in [-0.2, -0.15) is 0 Å². The molecule has 0 spiro atoms. The maximum atomic E-state index is 13.4. The summed E-state index contributed by atoms with van der Waals surface area (Å²) in [6.07, 6.45) is 4.47. The van der Waals surface area contributed by atoms with Gasteiger partial charge in [-0.3, -0.25) is 9.59 Å². The summed E-state index contributed by atoms with van der Waals surface area (Å²) >= 11 is 0. The smallest absolute Gasteiger partial charge is 0.257 e. The SMILES string of the molecule is CC1CCN(CC2CCCN(C(=O)c3ccc(NC(=O)c4cc(F)cc(F)c4)cc3O)C2)CC1. The number of hydrogen-bond acceptors (Lipinski definition) is 4. The van der Waals surface area contributed by atoms with Gasteiger partial charge < -0.3 is 20.2 Å². The van der Waals surface area contributed by atoms with Crippen molar-refractivity contribution in [3.05, 3.63) is 59.2 Å². The molecule has 0 aliphatic carbocycles. The van der Waals surface area contributed by atoms with Gasteiger partial charge in [-0.1, -0.05) is 6.92 Å². The number of nitrogens with one attached hydrogen (secondary N) is 1. The minimum atomic E-state index is -0.858. The van der Waals surface area contributed by atoms with Crippen LogP contribution in [-0.4, -0.2) is 59.4 Å². The van der Waals surface area contributed by atoms with E-state index in [2.05, 4.69) is 17.1 Å². The monoisotopic (exact) mass is 471 g/mol. The average molecular weight is 472 g/mol. The van der Waals surface area contributed by atoms with E-state index in [4.69, 9.17) is 0 Å². The average Bonchev–Trinajstić information content (AvgIpc) is 2.80. The second-order valence-corrected chi connectivity index (χ2v) is 9.59. The van der Waals surface area contributed by atoms with E-state index in [-0.39, 0.29) is 28.5 Å². The number of phenolic OH excluding ortho intramolecular Hbond substituents is 1. The molecule has 2 heterocycles. The highest BCUT2D eigenvalue weighted by Gasteiger charge is 2.28. The minimum absolute atomic E-state index is 0.169. The van der Waals surface area contributed by atoms with Crippen LogP contribution >= 0.6 is 0 Å². The van der Waals surface area contributed by atoms with Crippen molar-refractivity contribution in [3.63, 3.8) is 0 Å². The van der Waals surface area contributed by atoms with Crippen LogP contribution in [0.25, 0.3) is 0 Å². The lowest BCUT2D eigenvalue weighted by Gasteiger charge is -2.38. The molecule has 182 valence electrons. The maximum absolute atomic E-state index is 13.4. The van der Waals surface area contributed by atoms with Crippen molar-refractivity contribution in [2.45, 2.75) is 32.6 Å². The molecule has 0 saturated carbocycles. The van der Waals surface area contributed by atoms with Crippen molar-refractivity contribution in [2.24, 2.45) is 11.8 Å². The normalized spacial score (nSPS) is 19.7. The van der Waals surface area contributed by atoms with Crippen LogP contribution in [0.1, 0.15) is 53.3 Å². The fourth-order valence-corrected chi connectivity index (χ4v) is 4.86. The van der Waals surface area contributed by atoms with Gasteiger partial charge in [0.15, 0.2) is 0 Å². The number of amides is 2. The molecule has 34 heavy (non-hydrogen) atoms. The van der Waals surface area contributed by atoms with Crippen molar-refractivity contribution in [1.29, 1.82) is 0 Å². The van der Waals surface area contributed by atoms with Gasteiger partial charge in [0.25, 0.3) is 11.8 Å². The molecule has 0 bridgehead atoms. The summed E-state index contributed by atoms with van der Waals surface area (Å²) in [4.78, 5) is 29.7. The van der Waals surface area contributed by atoms with Crippen LogP contribution in [0.2, 0.25) is 0 Å². The molecule has 2 aromatic rings. The summed E-state index contributed by atoms with van der Waals surface area (Å²) in [7, 11) is 0. The molecule has 1 atom stereocenters. The molecular weight excluding hydrogens is 440 g/mol. The van der Waals surface area contributed by atoms with Crippen molar-refractivity contribution < 1.29 is 23.5 Å². The molecule has 2 saturated heterocycles. The van der Waals surface area contributed by atoms with E-state index < -0.39 is 17.5 Å². The van der Waals surface area contributed by atoms with E-state index in [1.807, 2.05) is 0 Å². The van der Waals surface area contributed by atoms with E-state index in [0.29, 0.717) is 25.1 Å². The number of likely N-dealkylation sites (tertiary alicyclic amines) is 2. The Hall–Kier alpha value is -3.00. The first-order chi connectivity index (χ1) is 16.3. The summed E-state index contributed by atoms with van der Waals surface area (Å²) in [6.45, 7) is 6.82. The van der Waals surface area contributed by atoms with E-state index in [1.165, 1.54) is 31.0 Å². The topological polar surface area (TPSA) is 72.9 Å². The highest BCUT2D eigenvalue weighted by Crippen LogP contribution is 2.27. The van der Waals surface area contributed by atoms with Gasteiger partial charge in [-0.25, -0.2) is 8.78 Å². The van der Waals surface area contributed by atoms with Crippen LogP contribution in [0.4, 0.5) is 14.5 Å². The van der Waals surface area contributed by atoms with Gasteiger partial charge in [0.2, 0.25) is 0 Å². The van der Waals surface area contributed by atoms with Crippen molar-refractivity contribution in [2.75, 3.05) is 38.0 Å². The van der Waals surface area contributed by atoms with Crippen LogP contribution in [0.15, 0.2) is 36.4 Å². The lowest BCUT2D eigenvalue weighted by atomic mass is 9.94. The second kappa shape index (κ2) is 10.5. The van der Waals surface area contributed by atoms with Gasteiger partial charge in [0.1, 0.15) is 17.4 Å². The zero-order chi connectivity index (χ0) is 24.2. The van der Waals surface area contributed by atoms with E-state index in [1.54, 1.807) is 4.90 Å². The number of hydrogen-bond donors (Lipinski definition) is 2. The Kier molecular flexibility index (Phi) is 7.46. The number of carbonyl (C=O) groups is 2. The number of rotatable bonds is 5. The first kappa shape index (κ1) is 24.1. The Morgan fingerprint density at radius 3 is 2.41 bits per heavy atom. The third kappa shape index (κ3) is 5.91. The fraction of sp³-hybridized carbons (Fsp3) is 0.462. The lowest BCUT2D eigenvalue weighted by Crippen LogP contribution is -2.45. The molecular formula is C26H31F2N3O3. The Morgan fingerprint density at radius 1 is 1.03 bits per heavy atom. The van der Waals surface area contributed by atoms with Gasteiger partial charge in [-0.15, -0.1) is 0 Å². The van der Waals surface area contributed by atoms with Crippen LogP contribution < -0.4 is 5.32 Å². The summed E-state index contributed by atoms with van der Waals surface area (Å²) in [5.74, 6) is -1.72. The standard InChI is InChI=1S/C26H31F2N3O3/c1-17-6-9-30(10-7-17)15-18-3-2-8-31(16-18)26(34)23-5-4-22(14-24(23)32)29-25(33)19-11-20(27)13-21(28)12-19/h4-5,11-14,17-18,32H,2-3,6-10,15-16H2,1H3,(H,29,33). The minimum Gasteiger partial charge on any atom is -0.507 e. The fourth-order valence-electron chi connectivity index (χ4n) is 4.86. The Balaban J connectivity index is 1.38. The summed E-state index contributed by atoms with van der Waals surface area (Å²) in [6, 6.07) is 6.77. The Morgan fingerprint density at radius 2 is 1.74 bits per heavy atom. The number of nitrogens with zero attached hydrogens (tertiary/aromatic N) is 2. The third-order valence-electron chi connectivity index (χ3n) is 6.81. The number of carbonyl (C=O) groups excluding carboxylic acids is 2. The summed E-state index contributed by atoms with van der Waals surface area (Å²) < 4.78 is 26.8. The predicted molar refractivity (Wildman–Crippen MR) is 126 cm³/mol. The molecule has 2 N–H and O–H groups in total. The summed E-state index contributed by atoms with van der Waals surface area (Å²) in [5, 5.41) is 13.0. The predicted octanol–water partition coefficient (Wildman–Crippen LogP) is 4.51. The molecule has 2 aliphatic heterocycles. The van der Waals surface area contributed by atoms with E-state index in [9.17, 15) is 23.5 Å². The molecule has 2 aromatic carbocycles. The highest BCUT2D eigenvalue weighted by atomic mass is 19.1. The molecule has 8 heteroatoms. The van der Waals surface area contributed by atoms with Crippen LogP contribution in [-0.2, 0) is 0 Å². The first-order valence-corrected chi connectivity index (χ1v) is 11.9. The molecule has 2 fully saturated rings. The largest absolute Gasteiger partial charge is 0.507 e. The zero-order valence-corrected chi connectivity index (χ0v) is 19.4. The molecule has 2 amide bonds. The number of aromatic hydroxyl groups is 1. The van der Waals surface area contributed by atoms with Gasteiger partial charge in [-0.05, 0) is 74.9 Å². The quantitative estimate of drug-likeness (QED) is 0.673. The number of anilines is 1. The molecule has 1 unspecified atom stereocenters. The van der Waals surface area contributed by atoms with Crippen LogP contribution in [0.5, 0.6) is 5.75 Å². The number of piperidine rings is 2. The number of phenols is 1. The van der Waals surface area contributed by atoms with Gasteiger partial charge in [0.05, 0.1) is 5.56 Å². The second-order valence-electron chi connectivity index (χ2n) is 9.59. The number of benzene rings is 2. The highest BCUT2D eigenvalue weighted by molar-refractivity contribution is 6.05. The van der Waals surface area contributed by atoms with Crippen LogP contribution in [0.3, 0.4) is 0 Å². The Labute approximate surface area is 198 Å². The van der Waals surface area contributed by atoms with Crippen molar-refractivity contribution in [1.82, 2.24) is 9.80 Å². The maximum Gasteiger partial charge on any atom is 0.257 e. The van der Waals surface area contributed by atoms with Crippen molar-refractivity contribution >= 4 is 17.5 Å². The summed E-state index contributed by atoms with van der Waals surface area (Å²) in [5.41, 5.74) is 0.210. The molecule has 4 rings (SSSR count). The third-order valence-corrected chi connectivity index (χ3v) is 6.81. The van der Waals surface area contributed by atoms with Crippen molar-refractivity contribution in [3.8, 4) is 5.75 Å². The van der Waals surface area contributed by atoms with E-state index in [0.717, 1.165) is 50.5 Å². The molecule has 6 nitrogen and oxygen atoms in total.